The molecule has 1 amide bonds. The molecule has 3 heterocycles. The molecule has 1 aliphatic heterocycles. The molecule has 26 heavy (non-hydrogen) atoms. The van der Waals surface area contributed by atoms with Crippen molar-refractivity contribution >= 4 is 11.6 Å². The number of nitrogens with zero attached hydrogens (tertiary/aromatic N) is 3. The first-order valence-corrected chi connectivity index (χ1v) is 8.20. The first kappa shape index (κ1) is 16.1. The molecule has 132 valence electrons. The van der Waals surface area contributed by atoms with E-state index in [9.17, 15) is 4.79 Å². The van der Waals surface area contributed by atoms with E-state index in [-0.39, 0.29) is 12.7 Å². The quantitative estimate of drug-likeness (QED) is 0.732. The molecule has 3 aromatic rings. The maximum Gasteiger partial charge on any atom is 0.254 e. The summed E-state index contributed by atoms with van der Waals surface area (Å²) in [4.78, 5) is 16.8. The number of rotatable bonds is 4. The van der Waals surface area contributed by atoms with E-state index < -0.39 is 0 Å². The number of ether oxygens (including phenoxy) is 2. The SMILES string of the molecule is C=C(C)CNC(=O)c1cnc2c(-c3ccc4c(c3)OCO4)cnn2c1C. The summed E-state index contributed by atoms with van der Waals surface area (Å²) in [7, 11) is 0. The van der Waals surface area contributed by atoms with Crippen LogP contribution in [0, 0.1) is 6.92 Å². The van der Waals surface area contributed by atoms with Crippen LogP contribution in [0.5, 0.6) is 11.5 Å². The molecule has 0 radical (unpaired) electrons. The predicted molar refractivity (Wildman–Crippen MR) is 96.4 cm³/mol. The van der Waals surface area contributed by atoms with E-state index in [4.69, 9.17) is 9.47 Å². The fourth-order valence-corrected chi connectivity index (χ4v) is 2.86. The van der Waals surface area contributed by atoms with E-state index in [0.717, 1.165) is 28.1 Å². The third-order valence-corrected chi connectivity index (χ3v) is 4.25. The molecule has 7 heteroatoms. The Labute approximate surface area is 150 Å². The topological polar surface area (TPSA) is 77.8 Å². The second kappa shape index (κ2) is 6.18. The Morgan fingerprint density at radius 1 is 1.31 bits per heavy atom. The number of hydrogen-bond donors (Lipinski definition) is 1. The number of hydrogen-bond acceptors (Lipinski definition) is 5. The van der Waals surface area contributed by atoms with Crippen molar-refractivity contribution in [1.29, 1.82) is 0 Å². The zero-order chi connectivity index (χ0) is 18.3. The maximum atomic E-state index is 12.4. The second-order valence-corrected chi connectivity index (χ2v) is 6.26. The molecule has 0 unspecified atom stereocenters. The lowest BCUT2D eigenvalue weighted by molar-refractivity contribution is 0.0955. The third kappa shape index (κ3) is 2.67. The highest BCUT2D eigenvalue weighted by Gasteiger charge is 2.18. The van der Waals surface area contributed by atoms with Gasteiger partial charge in [0.2, 0.25) is 6.79 Å². The highest BCUT2D eigenvalue weighted by molar-refractivity contribution is 5.95. The Morgan fingerprint density at radius 2 is 2.12 bits per heavy atom. The van der Waals surface area contributed by atoms with Gasteiger partial charge in [0.05, 0.1) is 17.5 Å². The van der Waals surface area contributed by atoms with E-state index >= 15 is 0 Å². The Kier molecular flexibility index (Phi) is 3.84. The summed E-state index contributed by atoms with van der Waals surface area (Å²) in [6, 6.07) is 5.71. The molecule has 7 nitrogen and oxygen atoms in total. The summed E-state index contributed by atoms with van der Waals surface area (Å²) in [5.41, 5.74) is 4.56. The van der Waals surface area contributed by atoms with Crippen molar-refractivity contribution in [2.24, 2.45) is 0 Å². The molecule has 1 N–H and O–H groups in total. The van der Waals surface area contributed by atoms with Crippen LogP contribution in [0.15, 0.2) is 42.7 Å². The summed E-state index contributed by atoms with van der Waals surface area (Å²) in [6.45, 7) is 8.15. The number of benzene rings is 1. The van der Waals surface area contributed by atoms with Gasteiger partial charge in [0, 0.05) is 18.3 Å². The standard InChI is InChI=1S/C19H18N4O3/c1-11(2)7-21-19(24)14-8-20-18-15(9-22-23(18)12(14)3)13-4-5-16-17(6-13)26-10-25-16/h4-6,8-9H,1,7,10H2,2-3H3,(H,21,24). The highest BCUT2D eigenvalue weighted by atomic mass is 16.7. The molecule has 1 aliphatic rings. The van der Waals surface area contributed by atoms with Crippen molar-refractivity contribution < 1.29 is 14.3 Å². The van der Waals surface area contributed by atoms with Crippen molar-refractivity contribution in [1.82, 2.24) is 19.9 Å². The molecular weight excluding hydrogens is 332 g/mol. The average molecular weight is 350 g/mol. The first-order chi connectivity index (χ1) is 12.5. The van der Waals surface area contributed by atoms with Gasteiger partial charge in [-0.15, -0.1) is 0 Å². The molecule has 2 aromatic heterocycles. The van der Waals surface area contributed by atoms with Crippen molar-refractivity contribution in [3.63, 3.8) is 0 Å². The minimum Gasteiger partial charge on any atom is -0.454 e. The molecule has 0 fully saturated rings. The summed E-state index contributed by atoms with van der Waals surface area (Å²) in [5, 5.41) is 7.23. The molecule has 0 aliphatic carbocycles. The van der Waals surface area contributed by atoms with Crippen LogP contribution in [-0.2, 0) is 0 Å². The van der Waals surface area contributed by atoms with E-state index in [1.165, 1.54) is 0 Å². The number of nitrogens with one attached hydrogen (secondary N) is 1. The Morgan fingerprint density at radius 3 is 2.92 bits per heavy atom. The Hall–Kier alpha value is -3.35. The van der Waals surface area contributed by atoms with Gasteiger partial charge < -0.3 is 14.8 Å². The number of amides is 1. The minimum atomic E-state index is -0.194. The van der Waals surface area contributed by atoms with Crippen molar-refractivity contribution in [2.45, 2.75) is 13.8 Å². The van der Waals surface area contributed by atoms with Gasteiger partial charge in [0.1, 0.15) is 0 Å². The molecule has 4 rings (SSSR count). The summed E-state index contributed by atoms with van der Waals surface area (Å²) >= 11 is 0. The van der Waals surface area contributed by atoms with E-state index in [1.807, 2.05) is 32.0 Å². The Balaban J connectivity index is 1.72. The van der Waals surface area contributed by atoms with Crippen LogP contribution in [0.4, 0.5) is 0 Å². The van der Waals surface area contributed by atoms with Crippen molar-refractivity contribution in [3.8, 4) is 22.6 Å². The molecule has 0 spiro atoms. The lowest BCUT2D eigenvalue weighted by atomic mass is 10.1. The number of aryl methyl sites for hydroxylation is 1. The number of fused-ring (bicyclic) bond motifs is 2. The van der Waals surface area contributed by atoms with Crippen molar-refractivity contribution in [3.05, 3.63) is 54.0 Å². The number of carbonyl (C=O) groups is 1. The maximum absolute atomic E-state index is 12.4. The van der Waals surface area contributed by atoms with Crippen LogP contribution < -0.4 is 14.8 Å². The van der Waals surface area contributed by atoms with Crippen LogP contribution in [-0.4, -0.2) is 33.8 Å². The first-order valence-electron chi connectivity index (χ1n) is 8.20. The smallest absolute Gasteiger partial charge is 0.254 e. The second-order valence-electron chi connectivity index (χ2n) is 6.26. The van der Waals surface area contributed by atoms with Gasteiger partial charge in [-0.2, -0.15) is 5.10 Å². The zero-order valence-electron chi connectivity index (χ0n) is 14.6. The number of aromatic nitrogens is 3. The van der Waals surface area contributed by atoms with E-state index in [2.05, 4.69) is 22.0 Å². The van der Waals surface area contributed by atoms with Crippen LogP contribution >= 0.6 is 0 Å². The predicted octanol–water partition coefficient (Wildman–Crippen LogP) is 2.74. The van der Waals surface area contributed by atoms with Gasteiger partial charge in [-0.1, -0.05) is 18.2 Å². The lowest BCUT2D eigenvalue weighted by Crippen LogP contribution is -2.26. The minimum absolute atomic E-state index is 0.194. The van der Waals surface area contributed by atoms with Gasteiger partial charge in [-0.05, 0) is 31.5 Å². The van der Waals surface area contributed by atoms with Crippen LogP contribution in [0.1, 0.15) is 23.0 Å². The Bertz CT molecular complexity index is 1040. The van der Waals surface area contributed by atoms with E-state index in [1.54, 1.807) is 16.9 Å². The average Bonchev–Trinajstić information content (AvgIpc) is 3.26. The fourth-order valence-electron chi connectivity index (χ4n) is 2.86. The van der Waals surface area contributed by atoms with Crippen LogP contribution in [0.25, 0.3) is 16.8 Å². The van der Waals surface area contributed by atoms with Gasteiger partial charge in [0.15, 0.2) is 17.1 Å². The molecule has 0 bridgehead atoms. The van der Waals surface area contributed by atoms with Crippen molar-refractivity contribution in [2.75, 3.05) is 13.3 Å². The molecular formula is C19H18N4O3. The fraction of sp³-hybridized carbons (Fsp3) is 0.211. The summed E-state index contributed by atoms with van der Waals surface area (Å²) in [6.07, 6.45) is 3.32. The molecule has 0 saturated carbocycles. The monoisotopic (exact) mass is 350 g/mol. The summed E-state index contributed by atoms with van der Waals surface area (Å²) < 4.78 is 12.5. The molecule has 0 saturated heterocycles. The summed E-state index contributed by atoms with van der Waals surface area (Å²) in [5.74, 6) is 1.24. The number of carbonyl (C=O) groups excluding carboxylic acids is 1. The largest absolute Gasteiger partial charge is 0.454 e. The zero-order valence-corrected chi connectivity index (χ0v) is 14.6. The van der Waals surface area contributed by atoms with Crippen LogP contribution in [0.3, 0.4) is 0 Å². The van der Waals surface area contributed by atoms with Gasteiger partial charge in [-0.3, -0.25) is 4.79 Å². The molecule has 0 atom stereocenters. The third-order valence-electron chi connectivity index (χ3n) is 4.25. The van der Waals surface area contributed by atoms with Gasteiger partial charge in [0.25, 0.3) is 5.91 Å². The van der Waals surface area contributed by atoms with E-state index in [0.29, 0.717) is 23.5 Å². The van der Waals surface area contributed by atoms with Gasteiger partial charge >= 0.3 is 0 Å². The highest BCUT2D eigenvalue weighted by Crippen LogP contribution is 2.36. The van der Waals surface area contributed by atoms with Crippen LogP contribution in [0.2, 0.25) is 0 Å². The van der Waals surface area contributed by atoms with Gasteiger partial charge in [-0.25, -0.2) is 9.50 Å². The lowest BCUT2D eigenvalue weighted by Gasteiger charge is -2.09. The molecule has 1 aromatic carbocycles. The normalized spacial score (nSPS) is 12.4.